The number of rotatable bonds is 4. The average Bonchev–Trinajstić information content (AvgIpc) is 3.29. The first-order chi connectivity index (χ1) is 12.7. The van der Waals surface area contributed by atoms with Crippen molar-refractivity contribution < 1.29 is 14.3 Å². The number of carbonyl (C=O) groups is 1. The minimum atomic E-state index is -1.28. The third kappa shape index (κ3) is 3.10. The first kappa shape index (κ1) is 18.0. The Morgan fingerprint density at radius 3 is 2.56 bits per heavy atom. The highest BCUT2D eigenvalue weighted by atomic mass is 19.1. The third-order valence-electron chi connectivity index (χ3n) is 5.85. The summed E-state index contributed by atoms with van der Waals surface area (Å²) < 4.78 is 16.7. The molecular formula is C20H24FN3O3. The van der Waals surface area contributed by atoms with Crippen molar-refractivity contribution in [3.05, 3.63) is 39.9 Å². The number of hydrogen-bond donors (Lipinski definition) is 2. The van der Waals surface area contributed by atoms with Crippen LogP contribution in [0.3, 0.4) is 0 Å². The van der Waals surface area contributed by atoms with E-state index in [4.69, 9.17) is 5.73 Å². The maximum atomic E-state index is 14.9. The summed E-state index contributed by atoms with van der Waals surface area (Å²) in [5, 5.41) is 9.45. The number of anilines is 1. The summed E-state index contributed by atoms with van der Waals surface area (Å²) in [6.07, 6.45) is 4.14. The van der Waals surface area contributed by atoms with E-state index in [1.54, 1.807) is 6.07 Å². The van der Waals surface area contributed by atoms with Crippen LogP contribution in [0.4, 0.5) is 10.1 Å². The maximum absolute atomic E-state index is 14.9. The van der Waals surface area contributed by atoms with Crippen LogP contribution in [-0.4, -0.2) is 34.3 Å². The molecule has 144 valence electrons. The van der Waals surface area contributed by atoms with Gasteiger partial charge in [-0.25, -0.2) is 9.18 Å². The highest BCUT2D eigenvalue weighted by Crippen LogP contribution is 2.39. The number of benzene rings is 1. The molecule has 1 saturated carbocycles. The molecule has 2 aromatic rings. The Hall–Kier alpha value is -2.41. The van der Waals surface area contributed by atoms with Gasteiger partial charge >= 0.3 is 5.97 Å². The SMILES string of the molecule is CC(C)(N)C1CCN(c2cc3c(cc2F)c(=O)c(C(=O)O)cn3C2CC2)C1. The van der Waals surface area contributed by atoms with Crippen LogP contribution in [-0.2, 0) is 0 Å². The van der Waals surface area contributed by atoms with Crippen molar-refractivity contribution in [3.8, 4) is 0 Å². The zero-order chi connectivity index (χ0) is 19.5. The zero-order valence-electron chi connectivity index (χ0n) is 15.5. The number of nitrogens with two attached hydrogens (primary N) is 1. The molecule has 6 nitrogen and oxygen atoms in total. The standard InChI is InChI=1S/C20H24FN3O3/c1-20(2,22)11-5-6-23(9-11)17-8-16-13(7-15(17)21)18(25)14(19(26)27)10-24(16)12-3-4-12/h7-8,10-12H,3-6,9,22H2,1-2H3,(H,26,27). The number of aromatic nitrogens is 1. The van der Waals surface area contributed by atoms with E-state index in [0.29, 0.717) is 24.3 Å². The second-order valence-corrected chi connectivity index (χ2v) is 8.39. The molecule has 7 heteroatoms. The Bertz CT molecular complexity index is 989. The molecule has 3 N–H and O–H groups in total. The summed E-state index contributed by atoms with van der Waals surface area (Å²) >= 11 is 0. The van der Waals surface area contributed by atoms with Gasteiger partial charge in [-0.15, -0.1) is 0 Å². The van der Waals surface area contributed by atoms with Gasteiger partial charge in [0.1, 0.15) is 11.4 Å². The van der Waals surface area contributed by atoms with Crippen molar-refractivity contribution in [2.45, 2.75) is 44.7 Å². The topological polar surface area (TPSA) is 88.6 Å². The summed E-state index contributed by atoms with van der Waals surface area (Å²) in [4.78, 5) is 25.9. The van der Waals surface area contributed by atoms with Crippen LogP contribution in [0, 0.1) is 11.7 Å². The molecule has 0 amide bonds. The van der Waals surface area contributed by atoms with E-state index in [1.807, 2.05) is 23.3 Å². The molecule has 4 rings (SSSR count). The Morgan fingerprint density at radius 2 is 2.00 bits per heavy atom. The fourth-order valence-electron chi connectivity index (χ4n) is 3.99. The molecule has 1 aromatic heterocycles. The third-order valence-corrected chi connectivity index (χ3v) is 5.85. The Morgan fingerprint density at radius 1 is 1.30 bits per heavy atom. The Kier molecular flexibility index (Phi) is 4.03. The lowest BCUT2D eigenvalue weighted by Crippen LogP contribution is -2.42. The Labute approximate surface area is 156 Å². The second kappa shape index (κ2) is 6.05. The summed E-state index contributed by atoms with van der Waals surface area (Å²) in [5.41, 5.74) is 5.98. The van der Waals surface area contributed by atoms with Gasteiger partial charge in [-0.05, 0) is 51.2 Å². The summed E-state index contributed by atoms with van der Waals surface area (Å²) in [6, 6.07) is 3.06. The van der Waals surface area contributed by atoms with Crippen LogP contribution in [0.5, 0.6) is 0 Å². The zero-order valence-corrected chi connectivity index (χ0v) is 15.5. The molecule has 1 atom stereocenters. The lowest BCUT2D eigenvalue weighted by molar-refractivity contribution is 0.0695. The molecule has 2 aliphatic rings. The predicted octanol–water partition coefficient (Wildman–Crippen LogP) is 2.74. The predicted molar refractivity (Wildman–Crippen MR) is 102 cm³/mol. The first-order valence-electron chi connectivity index (χ1n) is 9.32. The normalized spacial score (nSPS) is 20.4. The lowest BCUT2D eigenvalue weighted by atomic mass is 9.88. The molecule has 1 saturated heterocycles. The number of fused-ring (bicyclic) bond motifs is 1. The summed E-state index contributed by atoms with van der Waals surface area (Å²) in [5.74, 6) is -1.53. The van der Waals surface area contributed by atoms with Crippen LogP contribution >= 0.6 is 0 Å². The van der Waals surface area contributed by atoms with Crippen LogP contribution in [0.2, 0.25) is 0 Å². The average molecular weight is 373 g/mol. The molecular weight excluding hydrogens is 349 g/mol. The van der Waals surface area contributed by atoms with Crippen molar-refractivity contribution in [1.29, 1.82) is 0 Å². The number of pyridine rings is 1. The van der Waals surface area contributed by atoms with Gasteiger partial charge in [0, 0.05) is 36.3 Å². The van der Waals surface area contributed by atoms with Gasteiger partial charge < -0.3 is 20.3 Å². The van der Waals surface area contributed by atoms with Crippen molar-refractivity contribution in [1.82, 2.24) is 4.57 Å². The van der Waals surface area contributed by atoms with E-state index in [1.165, 1.54) is 12.3 Å². The van der Waals surface area contributed by atoms with Crippen molar-refractivity contribution >= 4 is 22.6 Å². The monoisotopic (exact) mass is 373 g/mol. The van der Waals surface area contributed by atoms with E-state index >= 15 is 0 Å². The lowest BCUT2D eigenvalue weighted by Gasteiger charge is -2.27. The van der Waals surface area contributed by atoms with Crippen molar-refractivity contribution in [3.63, 3.8) is 0 Å². The van der Waals surface area contributed by atoms with Crippen LogP contribution in [0.15, 0.2) is 23.1 Å². The van der Waals surface area contributed by atoms with E-state index < -0.39 is 17.2 Å². The number of hydrogen-bond acceptors (Lipinski definition) is 4. The first-order valence-corrected chi connectivity index (χ1v) is 9.32. The van der Waals surface area contributed by atoms with Gasteiger partial charge in [-0.3, -0.25) is 4.79 Å². The smallest absolute Gasteiger partial charge is 0.341 e. The van der Waals surface area contributed by atoms with E-state index in [-0.39, 0.29) is 28.4 Å². The van der Waals surface area contributed by atoms with Crippen LogP contribution in [0.1, 0.15) is 49.5 Å². The van der Waals surface area contributed by atoms with Gasteiger partial charge in [0.2, 0.25) is 5.43 Å². The quantitative estimate of drug-likeness (QED) is 0.860. The van der Waals surface area contributed by atoms with Crippen LogP contribution < -0.4 is 16.1 Å². The molecule has 0 bridgehead atoms. The van der Waals surface area contributed by atoms with Crippen LogP contribution in [0.25, 0.3) is 10.9 Å². The molecule has 1 unspecified atom stereocenters. The largest absolute Gasteiger partial charge is 0.477 e. The molecule has 1 aliphatic heterocycles. The van der Waals surface area contributed by atoms with Gasteiger partial charge in [-0.1, -0.05) is 0 Å². The number of carboxylic acid groups (broad SMARTS) is 1. The van der Waals surface area contributed by atoms with Gasteiger partial charge in [0.05, 0.1) is 11.2 Å². The molecule has 1 aliphatic carbocycles. The summed E-state index contributed by atoms with van der Waals surface area (Å²) in [7, 11) is 0. The van der Waals surface area contributed by atoms with Gasteiger partial charge in [0.25, 0.3) is 0 Å². The molecule has 0 spiro atoms. The van der Waals surface area contributed by atoms with E-state index in [9.17, 15) is 19.1 Å². The molecule has 27 heavy (non-hydrogen) atoms. The Balaban J connectivity index is 1.84. The highest BCUT2D eigenvalue weighted by Gasteiger charge is 2.34. The van der Waals surface area contributed by atoms with Gasteiger partial charge in [0.15, 0.2) is 0 Å². The number of nitrogens with zero attached hydrogens (tertiary/aromatic N) is 2. The minimum Gasteiger partial charge on any atom is -0.477 e. The van der Waals surface area contributed by atoms with Crippen molar-refractivity contribution in [2.24, 2.45) is 11.7 Å². The molecule has 2 fully saturated rings. The number of carboxylic acids is 1. The fourth-order valence-corrected chi connectivity index (χ4v) is 3.99. The van der Waals surface area contributed by atoms with Gasteiger partial charge in [-0.2, -0.15) is 0 Å². The highest BCUT2D eigenvalue weighted by molar-refractivity contribution is 5.93. The van der Waals surface area contributed by atoms with Crippen molar-refractivity contribution in [2.75, 3.05) is 18.0 Å². The fraction of sp³-hybridized carbons (Fsp3) is 0.500. The summed E-state index contributed by atoms with van der Waals surface area (Å²) in [6.45, 7) is 5.33. The van der Waals surface area contributed by atoms with E-state index in [2.05, 4.69) is 0 Å². The molecule has 2 heterocycles. The second-order valence-electron chi connectivity index (χ2n) is 8.39. The molecule has 1 aromatic carbocycles. The minimum absolute atomic E-state index is 0.123. The number of halogens is 1. The maximum Gasteiger partial charge on any atom is 0.341 e. The number of aromatic carboxylic acids is 1. The molecule has 0 radical (unpaired) electrons. The van der Waals surface area contributed by atoms with E-state index in [0.717, 1.165) is 19.3 Å².